The second-order valence-corrected chi connectivity index (χ2v) is 11.5. The van der Waals surface area contributed by atoms with Crippen molar-refractivity contribution in [1.29, 1.82) is 0 Å². The molecule has 32 heavy (non-hydrogen) atoms. The third-order valence-electron chi connectivity index (χ3n) is 6.92. The van der Waals surface area contributed by atoms with Crippen molar-refractivity contribution >= 4 is 21.7 Å². The lowest BCUT2D eigenvalue weighted by Gasteiger charge is -2.36. The number of likely N-dealkylation sites (tertiary alicyclic amines) is 2. The summed E-state index contributed by atoms with van der Waals surface area (Å²) in [7, 11) is -3.18. The molecule has 3 unspecified atom stereocenters. The summed E-state index contributed by atoms with van der Waals surface area (Å²) < 4.78 is 37.8. The van der Waals surface area contributed by atoms with E-state index in [0.29, 0.717) is 19.5 Å². The number of nitrogens with one attached hydrogen (secondary N) is 1. The van der Waals surface area contributed by atoms with E-state index >= 15 is 0 Å². The summed E-state index contributed by atoms with van der Waals surface area (Å²) in [5, 5.41) is 3.03. The highest BCUT2D eigenvalue weighted by molar-refractivity contribution is 7.91. The molecule has 2 amide bonds. The third-order valence-corrected chi connectivity index (χ3v) is 8.64. The van der Waals surface area contributed by atoms with Crippen molar-refractivity contribution in [2.75, 3.05) is 37.7 Å². The Kier molecular flexibility index (Phi) is 7.14. The highest BCUT2D eigenvalue weighted by atomic mass is 32.2. The summed E-state index contributed by atoms with van der Waals surface area (Å²) in [5.41, 5.74) is 0.739. The summed E-state index contributed by atoms with van der Waals surface area (Å²) in [6.07, 6.45) is 4.87. The second kappa shape index (κ2) is 9.87. The zero-order valence-electron chi connectivity index (χ0n) is 18.3. The summed E-state index contributed by atoms with van der Waals surface area (Å²) in [5.74, 6) is -0.832. The van der Waals surface area contributed by atoms with Crippen LogP contribution in [0.15, 0.2) is 24.3 Å². The number of hydrogen-bond donors (Lipinski definition) is 1. The van der Waals surface area contributed by atoms with E-state index in [9.17, 15) is 22.4 Å². The number of carbonyl (C=O) groups is 2. The van der Waals surface area contributed by atoms with Gasteiger partial charge in [0.05, 0.1) is 29.9 Å². The molecule has 3 heterocycles. The average Bonchev–Trinajstić information content (AvgIpc) is 3.10. The fourth-order valence-electron chi connectivity index (χ4n) is 5.18. The first kappa shape index (κ1) is 23.2. The predicted octanol–water partition coefficient (Wildman–Crippen LogP) is 1.37. The molecule has 0 spiro atoms. The number of benzene rings is 1. The Labute approximate surface area is 189 Å². The fourth-order valence-corrected chi connectivity index (χ4v) is 7.14. The van der Waals surface area contributed by atoms with Gasteiger partial charge in [-0.25, -0.2) is 12.8 Å². The summed E-state index contributed by atoms with van der Waals surface area (Å²) in [6.45, 7) is 2.68. The van der Waals surface area contributed by atoms with E-state index < -0.39 is 15.9 Å². The molecule has 0 bridgehead atoms. The molecule has 0 aromatic heterocycles. The Balaban J connectivity index is 1.35. The van der Waals surface area contributed by atoms with E-state index in [1.807, 2.05) is 0 Å². The van der Waals surface area contributed by atoms with Gasteiger partial charge in [0.25, 0.3) is 0 Å². The lowest BCUT2D eigenvalue weighted by Crippen LogP contribution is -2.55. The topological polar surface area (TPSA) is 86.8 Å². The molecule has 0 radical (unpaired) electrons. The monoisotopic (exact) mass is 465 g/mol. The Morgan fingerprint density at radius 3 is 2.44 bits per heavy atom. The molecule has 1 aromatic carbocycles. The summed E-state index contributed by atoms with van der Waals surface area (Å²) in [4.78, 5) is 29.7. The lowest BCUT2D eigenvalue weighted by atomic mass is 9.95. The van der Waals surface area contributed by atoms with Gasteiger partial charge in [-0.2, -0.15) is 0 Å². The molecule has 3 saturated heterocycles. The predicted molar refractivity (Wildman–Crippen MR) is 119 cm³/mol. The van der Waals surface area contributed by atoms with Crippen LogP contribution in [-0.2, 0) is 25.8 Å². The van der Waals surface area contributed by atoms with Crippen LogP contribution in [0.4, 0.5) is 4.39 Å². The highest BCUT2D eigenvalue weighted by Crippen LogP contribution is 2.24. The zero-order valence-corrected chi connectivity index (χ0v) is 19.2. The van der Waals surface area contributed by atoms with Crippen LogP contribution in [0, 0.1) is 11.7 Å². The van der Waals surface area contributed by atoms with Crippen molar-refractivity contribution in [1.82, 2.24) is 15.1 Å². The fraction of sp³-hybridized carbons (Fsp3) is 0.652. The first-order valence-electron chi connectivity index (χ1n) is 11.6. The minimum absolute atomic E-state index is 0.0140. The number of carbonyl (C=O) groups excluding carboxylic acids is 2. The van der Waals surface area contributed by atoms with Crippen molar-refractivity contribution in [2.24, 2.45) is 5.92 Å². The van der Waals surface area contributed by atoms with Crippen molar-refractivity contribution in [2.45, 2.75) is 50.6 Å². The minimum Gasteiger partial charge on any atom is -0.350 e. The van der Waals surface area contributed by atoms with Crippen LogP contribution in [0.1, 0.15) is 37.7 Å². The Bertz CT molecular complexity index is 931. The van der Waals surface area contributed by atoms with Gasteiger partial charge in [0.2, 0.25) is 11.8 Å². The minimum atomic E-state index is -3.18. The Morgan fingerprint density at radius 2 is 1.72 bits per heavy atom. The highest BCUT2D eigenvalue weighted by Gasteiger charge is 2.43. The van der Waals surface area contributed by atoms with Crippen molar-refractivity contribution in [3.05, 3.63) is 35.6 Å². The maximum Gasteiger partial charge on any atom is 0.227 e. The van der Waals surface area contributed by atoms with Gasteiger partial charge in [-0.15, -0.1) is 0 Å². The van der Waals surface area contributed by atoms with Crippen molar-refractivity contribution < 1.29 is 22.4 Å². The SMILES string of the molecule is O=C(NC1CS(=O)(=O)CC1N1CCCCC1)C1CCCN(C(=O)Cc2ccc(F)cc2)C1. The molecule has 1 N–H and O–H groups in total. The quantitative estimate of drug-likeness (QED) is 0.710. The van der Waals surface area contributed by atoms with E-state index in [2.05, 4.69) is 10.2 Å². The Hall–Kier alpha value is -2.00. The van der Waals surface area contributed by atoms with Crippen LogP contribution in [0.3, 0.4) is 0 Å². The van der Waals surface area contributed by atoms with Crippen LogP contribution >= 0.6 is 0 Å². The molecule has 3 aliphatic rings. The van der Waals surface area contributed by atoms with E-state index in [1.54, 1.807) is 17.0 Å². The van der Waals surface area contributed by atoms with Crippen molar-refractivity contribution in [3.63, 3.8) is 0 Å². The number of piperidine rings is 2. The first-order chi connectivity index (χ1) is 15.3. The summed E-state index contributed by atoms with van der Waals surface area (Å²) >= 11 is 0. The largest absolute Gasteiger partial charge is 0.350 e. The Morgan fingerprint density at radius 1 is 1.00 bits per heavy atom. The molecule has 0 aliphatic carbocycles. The molecule has 176 valence electrons. The van der Waals surface area contributed by atoms with E-state index in [1.165, 1.54) is 12.1 Å². The standard InChI is InChI=1S/C23H32FN3O4S/c24-19-8-6-17(7-9-19)13-22(28)27-12-4-5-18(14-27)23(29)25-20-15-32(30,31)16-21(20)26-10-2-1-3-11-26/h6-9,18,20-21H,1-5,10-16H2,(H,25,29). The first-order valence-corrected chi connectivity index (χ1v) is 13.4. The van der Waals surface area contributed by atoms with E-state index in [4.69, 9.17) is 0 Å². The zero-order chi connectivity index (χ0) is 22.7. The molecule has 3 fully saturated rings. The maximum atomic E-state index is 13.1. The molecule has 3 aliphatic heterocycles. The second-order valence-electron chi connectivity index (χ2n) is 9.34. The maximum absolute atomic E-state index is 13.1. The van der Waals surface area contributed by atoms with Crippen LogP contribution in [0.5, 0.6) is 0 Å². The molecular formula is C23H32FN3O4S. The molecule has 7 nitrogen and oxygen atoms in total. The number of sulfone groups is 1. The van der Waals surface area contributed by atoms with Crippen LogP contribution in [-0.4, -0.2) is 79.8 Å². The van der Waals surface area contributed by atoms with Gasteiger partial charge in [-0.05, 0) is 56.5 Å². The van der Waals surface area contributed by atoms with Crippen LogP contribution in [0.2, 0.25) is 0 Å². The smallest absolute Gasteiger partial charge is 0.227 e. The van der Waals surface area contributed by atoms with Gasteiger partial charge in [-0.1, -0.05) is 18.6 Å². The molecule has 0 saturated carbocycles. The van der Waals surface area contributed by atoms with Crippen LogP contribution in [0.25, 0.3) is 0 Å². The van der Waals surface area contributed by atoms with Gasteiger partial charge in [-0.3, -0.25) is 14.5 Å². The molecule has 1 aromatic rings. The number of halogens is 1. The number of hydrogen-bond acceptors (Lipinski definition) is 5. The van der Waals surface area contributed by atoms with Gasteiger partial charge < -0.3 is 10.2 Å². The molecular weight excluding hydrogens is 433 g/mol. The van der Waals surface area contributed by atoms with E-state index in [0.717, 1.165) is 44.3 Å². The average molecular weight is 466 g/mol. The molecule has 4 rings (SSSR count). The third kappa shape index (κ3) is 5.67. The lowest BCUT2D eigenvalue weighted by molar-refractivity contribution is -0.135. The molecule has 9 heteroatoms. The van der Waals surface area contributed by atoms with Gasteiger partial charge in [0.15, 0.2) is 9.84 Å². The van der Waals surface area contributed by atoms with E-state index in [-0.39, 0.29) is 47.5 Å². The number of rotatable bonds is 5. The van der Waals surface area contributed by atoms with Gasteiger partial charge >= 0.3 is 0 Å². The van der Waals surface area contributed by atoms with Gasteiger partial charge in [0, 0.05) is 19.1 Å². The summed E-state index contributed by atoms with van der Waals surface area (Å²) in [6, 6.07) is 5.32. The number of nitrogens with zero attached hydrogens (tertiary/aromatic N) is 2. The van der Waals surface area contributed by atoms with Gasteiger partial charge in [0.1, 0.15) is 5.82 Å². The van der Waals surface area contributed by atoms with Crippen LogP contribution < -0.4 is 5.32 Å². The molecule has 3 atom stereocenters. The number of amides is 2. The normalized spacial score (nSPS) is 28.4. The van der Waals surface area contributed by atoms with Crippen molar-refractivity contribution in [3.8, 4) is 0 Å².